The lowest BCUT2D eigenvalue weighted by Crippen LogP contribution is -2.35. The molecule has 0 radical (unpaired) electrons. The second-order valence-corrected chi connectivity index (χ2v) is 4.76. The lowest BCUT2D eigenvalue weighted by Gasteiger charge is -2.24. The zero-order valence-electron chi connectivity index (χ0n) is 11.3. The number of benzene rings is 1. The van der Waals surface area contributed by atoms with Crippen LogP contribution in [0.1, 0.15) is 23.1 Å². The fourth-order valence-electron chi connectivity index (χ4n) is 1.99. The Bertz CT molecular complexity index is 404. The molecule has 0 atom stereocenters. The highest BCUT2D eigenvalue weighted by molar-refractivity contribution is 5.32. The van der Waals surface area contributed by atoms with Crippen LogP contribution in [0, 0.1) is 13.8 Å². The summed E-state index contributed by atoms with van der Waals surface area (Å²) in [6.45, 7) is 3.32. The van der Waals surface area contributed by atoms with Gasteiger partial charge in [0.25, 0.3) is 0 Å². The molecular formula is C14H20F3NO. The number of aryl methyl sites for hydroxylation is 1. The average Bonchev–Trinajstić information content (AvgIpc) is 2.30. The van der Waals surface area contributed by atoms with Gasteiger partial charge in [0.1, 0.15) is 0 Å². The SMILES string of the molecule is Cc1cccc(CN(CCCO)CC(F)(F)F)c1C. The molecule has 0 saturated carbocycles. The summed E-state index contributed by atoms with van der Waals surface area (Å²) in [5, 5.41) is 8.77. The third-order valence-electron chi connectivity index (χ3n) is 3.15. The lowest BCUT2D eigenvalue weighted by atomic mass is 10.0. The van der Waals surface area contributed by atoms with Crippen LogP contribution in [0.4, 0.5) is 13.2 Å². The molecule has 0 fully saturated rings. The van der Waals surface area contributed by atoms with Crippen LogP contribution in [-0.2, 0) is 6.54 Å². The van der Waals surface area contributed by atoms with E-state index in [1.807, 2.05) is 32.0 Å². The molecule has 2 nitrogen and oxygen atoms in total. The van der Waals surface area contributed by atoms with E-state index in [0.29, 0.717) is 6.42 Å². The summed E-state index contributed by atoms with van der Waals surface area (Å²) >= 11 is 0. The molecule has 0 aliphatic heterocycles. The fourth-order valence-corrected chi connectivity index (χ4v) is 1.99. The molecule has 1 rings (SSSR count). The number of halogens is 3. The van der Waals surface area contributed by atoms with Crippen LogP contribution in [0.3, 0.4) is 0 Å². The van der Waals surface area contributed by atoms with Crippen LogP contribution in [0.5, 0.6) is 0 Å². The summed E-state index contributed by atoms with van der Waals surface area (Å²) in [5.41, 5.74) is 3.01. The molecule has 0 aliphatic carbocycles. The predicted octanol–water partition coefficient (Wildman–Crippen LogP) is 3.05. The van der Waals surface area contributed by atoms with Crippen molar-refractivity contribution in [1.29, 1.82) is 0 Å². The number of hydrogen-bond donors (Lipinski definition) is 1. The Hall–Kier alpha value is -1.07. The Morgan fingerprint density at radius 2 is 1.89 bits per heavy atom. The highest BCUT2D eigenvalue weighted by Gasteiger charge is 2.30. The summed E-state index contributed by atoms with van der Waals surface area (Å²) in [6, 6.07) is 5.65. The van der Waals surface area contributed by atoms with Crippen molar-refractivity contribution in [1.82, 2.24) is 4.90 Å². The highest BCUT2D eigenvalue weighted by Crippen LogP contribution is 2.20. The number of rotatable bonds is 6. The van der Waals surface area contributed by atoms with Crippen molar-refractivity contribution in [3.8, 4) is 0 Å². The van der Waals surface area contributed by atoms with Crippen LogP contribution in [0.2, 0.25) is 0 Å². The molecule has 0 aromatic heterocycles. The van der Waals surface area contributed by atoms with Gasteiger partial charge in [-0.3, -0.25) is 4.90 Å². The Balaban J connectivity index is 2.78. The van der Waals surface area contributed by atoms with E-state index < -0.39 is 12.7 Å². The highest BCUT2D eigenvalue weighted by atomic mass is 19.4. The van der Waals surface area contributed by atoms with Gasteiger partial charge in [-0.2, -0.15) is 13.2 Å². The topological polar surface area (TPSA) is 23.5 Å². The minimum Gasteiger partial charge on any atom is -0.396 e. The third kappa shape index (κ3) is 5.61. The Labute approximate surface area is 111 Å². The molecule has 0 saturated heterocycles. The van der Waals surface area contributed by atoms with Crippen LogP contribution >= 0.6 is 0 Å². The number of aliphatic hydroxyl groups is 1. The average molecular weight is 275 g/mol. The minimum absolute atomic E-state index is 0.0961. The monoisotopic (exact) mass is 275 g/mol. The van der Waals surface area contributed by atoms with Crippen molar-refractivity contribution < 1.29 is 18.3 Å². The van der Waals surface area contributed by atoms with Crippen LogP contribution in [0.25, 0.3) is 0 Å². The first kappa shape index (κ1) is 16.0. The van der Waals surface area contributed by atoms with E-state index in [9.17, 15) is 13.2 Å². The van der Waals surface area contributed by atoms with Crippen LogP contribution < -0.4 is 0 Å². The van der Waals surface area contributed by atoms with E-state index in [0.717, 1.165) is 16.7 Å². The largest absolute Gasteiger partial charge is 0.401 e. The van der Waals surface area contributed by atoms with Crippen molar-refractivity contribution in [2.45, 2.75) is 33.0 Å². The van der Waals surface area contributed by atoms with Crippen LogP contribution in [0.15, 0.2) is 18.2 Å². The standard InChI is InChI=1S/C14H20F3NO/c1-11-5-3-6-13(12(11)2)9-18(7-4-8-19)10-14(15,16)17/h3,5-6,19H,4,7-10H2,1-2H3. The first-order valence-corrected chi connectivity index (χ1v) is 6.28. The van der Waals surface area contributed by atoms with Gasteiger partial charge in [0.2, 0.25) is 0 Å². The third-order valence-corrected chi connectivity index (χ3v) is 3.15. The molecule has 1 N–H and O–H groups in total. The second-order valence-electron chi connectivity index (χ2n) is 4.76. The molecule has 0 spiro atoms. The zero-order valence-corrected chi connectivity index (χ0v) is 11.3. The smallest absolute Gasteiger partial charge is 0.396 e. The maximum absolute atomic E-state index is 12.5. The lowest BCUT2D eigenvalue weighted by molar-refractivity contribution is -0.147. The van der Waals surface area contributed by atoms with E-state index in [2.05, 4.69) is 0 Å². The summed E-state index contributed by atoms with van der Waals surface area (Å²) in [7, 11) is 0. The molecule has 0 aliphatic rings. The van der Waals surface area contributed by atoms with E-state index in [1.54, 1.807) is 0 Å². The van der Waals surface area contributed by atoms with Gasteiger partial charge in [0.05, 0.1) is 6.54 Å². The predicted molar refractivity (Wildman–Crippen MR) is 69.0 cm³/mol. The summed E-state index contributed by atoms with van der Waals surface area (Å²) in [4.78, 5) is 1.33. The van der Waals surface area contributed by atoms with Gasteiger partial charge in [-0.1, -0.05) is 18.2 Å². The molecular weight excluding hydrogens is 255 g/mol. The molecule has 0 heterocycles. The molecule has 1 aromatic carbocycles. The van der Waals surface area contributed by atoms with Gasteiger partial charge in [0, 0.05) is 19.7 Å². The maximum atomic E-state index is 12.5. The Morgan fingerprint density at radius 1 is 1.21 bits per heavy atom. The Morgan fingerprint density at radius 3 is 2.47 bits per heavy atom. The van der Waals surface area contributed by atoms with E-state index >= 15 is 0 Å². The molecule has 108 valence electrons. The molecule has 1 aromatic rings. The van der Waals surface area contributed by atoms with Gasteiger partial charge in [-0.05, 0) is 37.0 Å². The number of nitrogens with zero attached hydrogens (tertiary/aromatic N) is 1. The minimum atomic E-state index is -4.22. The normalized spacial score (nSPS) is 12.2. The van der Waals surface area contributed by atoms with Gasteiger partial charge in [-0.15, -0.1) is 0 Å². The van der Waals surface area contributed by atoms with E-state index in [-0.39, 0.29) is 19.7 Å². The first-order valence-electron chi connectivity index (χ1n) is 6.28. The van der Waals surface area contributed by atoms with Crippen molar-refractivity contribution in [3.63, 3.8) is 0 Å². The Kier molecular flexibility index (Phi) is 5.82. The van der Waals surface area contributed by atoms with Gasteiger partial charge < -0.3 is 5.11 Å². The molecule has 0 amide bonds. The second kappa shape index (κ2) is 6.91. The van der Waals surface area contributed by atoms with Gasteiger partial charge in [0.15, 0.2) is 0 Å². The number of hydrogen-bond acceptors (Lipinski definition) is 2. The number of alkyl halides is 3. The zero-order chi connectivity index (χ0) is 14.5. The number of aliphatic hydroxyl groups excluding tert-OH is 1. The summed E-state index contributed by atoms with van der Waals surface area (Å²) in [6.07, 6.45) is -3.87. The van der Waals surface area contributed by atoms with Crippen LogP contribution in [-0.4, -0.2) is 35.9 Å². The molecule has 19 heavy (non-hydrogen) atoms. The van der Waals surface area contributed by atoms with Crippen molar-refractivity contribution in [3.05, 3.63) is 34.9 Å². The van der Waals surface area contributed by atoms with E-state index in [4.69, 9.17) is 5.11 Å². The summed E-state index contributed by atoms with van der Waals surface area (Å²) < 4.78 is 37.5. The summed E-state index contributed by atoms with van der Waals surface area (Å²) in [5.74, 6) is 0. The van der Waals surface area contributed by atoms with Crippen molar-refractivity contribution >= 4 is 0 Å². The molecule has 5 heteroatoms. The first-order chi connectivity index (χ1) is 8.83. The quantitative estimate of drug-likeness (QED) is 0.862. The van der Waals surface area contributed by atoms with Gasteiger partial charge in [-0.25, -0.2) is 0 Å². The molecule has 0 bridgehead atoms. The van der Waals surface area contributed by atoms with Crippen molar-refractivity contribution in [2.24, 2.45) is 0 Å². The maximum Gasteiger partial charge on any atom is 0.401 e. The van der Waals surface area contributed by atoms with E-state index in [1.165, 1.54) is 4.90 Å². The van der Waals surface area contributed by atoms with Gasteiger partial charge >= 0.3 is 6.18 Å². The molecule has 0 unspecified atom stereocenters. The fraction of sp³-hybridized carbons (Fsp3) is 0.571. The van der Waals surface area contributed by atoms with Crippen molar-refractivity contribution in [2.75, 3.05) is 19.7 Å².